The molecule has 0 aromatic carbocycles. The maximum atomic E-state index is 12.3. The summed E-state index contributed by atoms with van der Waals surface area (Å²) in [5, 5.41) is 3.29. The molecule has 0 saturated carbocycles. The van der Waals surface area contributed by atoms with Crippen molar-refractivity contribution in [1.82, 2.24) is 14.9 Å². The molecule has 1 N–H and O–H groups in total. The Morgan fingerprint density at radius 1 is 1.45 bits per heavy atom. The van der Waals surface area contributed by atoms with Crippen LogP contribution in [0.3, 0.4) is 0 Å². The molecular weight excluding hydrogens is 258 g/mol. The van der Waals surface area contributed by atoms with Crippen LogP contribution in [-0.2, 0) is 11.3 Å². The number of furan rings is 1. The summed E-state index contributed by atoms with van der Waals surface area (Å²) < 4.78 is 6.86. The van der Waals surface area contributed by atoms with Crippen molar-refractivity contribution in [2.75, 3.05) is 0 Å². The van der Waals surface area contributed by atoms with Gasteiger partial charge in [-0.3, -0.25) is 14.2 Å². The Morgan fingerprint density at radius 3 is 2.80 bits per heavy atom. The zero-order chi connectivity index (χ0) is 14.9. The number of fused-ring (bicyclic) bond motifs is 1. The fraction of sp³-hybridized carbons (Fsp3) is 0.500. The Bertz CT molecular complexity index is 697. The second kappa shape index (κ2) is 5.48. The minimum absolute atomic E-state index is 0.0768. The smallest absolute Gasteiger partial charge is 0.264 e. The second-order valence-electron chi connectivity index (χ2n) is 5.18. The Morgan fingerprint density at radius 2 is 2.15 bits per heavy atom. The molecule has 0 saturated heterocycles. The summed E-state index contributed by atoms with van der Waals surface area (Å²) in [7, 11) is 0. The third kappa shape index (κ3) is 2.74. The van der Waals surface area contributed by atoms with Crippen LogP contribution in [0.1, 0.15) is 31.6 Å². The summed E-state index contributed by atoms with van der Waals surface area (Å²) >= 11 is 0. The lowest BCUT2D eigenvalue weighted by atomic mass is 10.2. The van der Waals surface area contributed by atoms with E-state index in [0.717, 1.165) is 5.56 Å². The van der Waals surface area contributed by atoms with E-state index in [2.05, 4.69) is 10.3 Å². The van der Waals surface area contributed by atoms with Crippen LogP contribution in [0, 0.1) is 13.8 Å². The number of nitrogens with zero attached hydrogens (tertiary/aromatic N) is 2. The summed E-state index contributed by atoms with van der Waals surface area (Å²) in [6.07, 6.45) is 1.68. The van der Waals surface area contributed by atoms with E-state index in [0.29, 0.717) is 23.4 Å². The molecule has 6 heteroatoms. The molecule has 2 heterocycles. The molecule has 0 aliphatic rings. The molecule has 0 atom stereocenters. The molecule has 0 aliphatic carbocycles. The number of nitrogens with one attached hydrogen (secondary N) is 1. The molecule has 0 spiro atoms. The van der Waals surface area contributed by atoms with Crippen LogP contribution < -0.4 is 10.9 Å². The van der Waals surface area contributed by atoms with Crippen molar-refractivity contribution in [2.24, 2.45) is 0 Å². The molecule has 1 amide bonds. The van der Waals surface area contributed by atoms with Gasteiger partial charge in [0.05, 0.1) is 0 Å². The third-order valence-corrected chi connectivity index (χ3v) is 3.19. The summed E-state index contributed by atoms with van der Waals surface area (Å²) in [5.74, 6) is 0.618. The Kier molecular flexibility index (Phi) is 3.92. The zero-order valence-corrected chi connectivity index (χ0v) is 12.2. The fourth-order valence-electron chi connectivity index (χ4n) is 2.05. The first-order valence-electron chi connectivity index (χ1n) is 6.64. The van der Waals surface area contributed by atoms with E-state index in [1.54, 1.807) is 6.92 Å². The predicted octanol–water partition coefficient (Wildman–Crippen LogP) is 1.52. The van der Waals surface area contributed by atoms with Gasteiger partial charge in [-0.25, -0.2) is 4.98 Å². The van der Waals surface area contributed by atoms with E-state index in [-0.39, 0.29) is 23.9 Å². The standard InChI is InChI=1S/C14H19N3O3/c1-8(2)16-11(18)5-6-17-7-15-13-12(14(17)19)9(3)10(4)20-13/h7-8H,5-6H2,1-4H3,(H,16,18). The van der Waals surface area contributed by atoms with Crippen molar-refractivity contribution >= 4 is 17.0 Å². The van der Waals surface area contributed by atoms with Gasteiger partial charge in [-0.15, -0.1) is 0 Å². The summed E-state index contributed by atoms with van der Waals surface area (Å²) in [6, 6.07) is 0.0959. The number of aryl methyl sites for hydroxylation is 3. The van der Waals surface area contributed by atoms with Crippen LogP contribution in [0.15, 0.2) is 15.5 Å². The lowest BCUT2D eigenvalue weighted by molar-refractivity contribution is -0.121. The highest BCUT2D eigenvalue weighted by Gasteiger charge is 2.14. The van der Waals surface area contributed by atoms with Crippen LogP contribution in [0.4, 0.5) is 0 Å². The highest BCUT2D eigenvalue weighted by molar-refractivity contribution is 5.78. The highest BCUT2D eigenvalue weighted by atomic mass is 16.3. The average Bonchev–Trinajstić information content (AvgIpc) is 2.64. The van der Waals surface area contributed by atoms with Gasteiger partial charge < -0.3 is 9.73 Å². The minimum atomic E-state index is -0.165. The Labute approximate surface area is 116 Å². The summed E-state index contributed by atoms with van der Waals surface area (Å²) in [5.41, 5.74) is 0.994. The molecule has 2 rings (SSSR count). The maximum Gasteiger partial charge on any atom is 0.264 e. The van der Waals surface area contributed by atoms with Gasteiger partial charge in [0.2, 0.25) is 11.6 Å². The van der Waals surface area contributed by atoms with Crippen LogP contribution in [0.25, 0.3) is 11.1 Å². The topological polar surface area (TPSA) is 77.1 Å². The van der Waals surface area contributed by atoms with E-state index in [1.807, 2.05) is 20.8 Å². The molecule has 0 bridgehead atoms. The number of amides is 1. The van der Waals surface area contributed by atoms with Crippen LogP contribution in [0.2, 0.25) is 0 Å². The van der Waals surface area contributed by atoms with Crippen LogP contribution in [0.5, 0.6) is 0 Å². The van der Waals surface area contributed by atoms with Gasteiger partial charge in [0, 0.05) is 24.6 Å². The van der Waals surface area contributed by atoms with E-state index < -0.39 is 0 Å². The molecule has 108 valence electrons. The quantitative estimate of drug-likeness (QED) is 0.919. The summed E-state index contributed by atoms with van der Waals surface area (Å²) in [4.78, 5) is 28.1. The van der Waals surface area contributed by atoms with Crippen molar-refractivity contribution in [3.8, 4) is 0 Å². The zero-order valence-electron chi connectivity index (χ0n) is 12.2. The molecule has 0 fully saturated rings. The number of rotatable bonds is 4. The van der Waals surface area contributed by atoms with Gasteiger partial charge in [0.1, 0.15) is 17.5 Å². The lowest BCUT2D eigenvalue weighted by Crippen LogP contribution is -2.32. The average molecular weight is 277 g/mol. The van der Waals surface area contributed by atoms with E-state index in [9.17, 15) is 9.59 Å². The van der Waals surface area contributed by atoms with Gasteiger partial charge in [0.15, 0.2) is 0 Å². The van der Waals surface area contributed by atoms with Gasteiger partial charge in [0.25, 0.3) is 5.56 Å². The minimum Gasteiger partial charge on any atom is -0.443 e. The molecule has 0 aliphatic heterocycles. The molecule has 0 unspecified atom stereocenters. The van der Waals surface area contributed by atoms with Crippen LogP contribution >= 0.6 is 0 Å². The second-order valence-corrected chi connectivity index (χ2v) is 5.18. The molecule has 0 radical (unpaired) electrons. The van der Waals surface area contributed by atoms with Gasteiger partial charge in [-0.2, -0.15) is 0 Å². The molecular formula is C14H19N3O3. The first kappa shape index (κ1) is 14.3. The number of aromatic nitrogens is 2. The predicted molar refractivity (Wildman–Crippen MR) is 75.6 cm³/mol. The maximum absolute atomic E-state index is 12.3. The molecule has 6 nitrogen and oxygen atoms in total. The van der Waals surface area contributed by atoms with Crippen molar-refractivity contribution < 1.29 is 9.21 Å². The lowest BCUT2D eigenvalue weighted by Gasteiger charge is -2.09. The van der Waals surface area contributed by atoms with Crippen molar-refractivity contribution in [1.29, 1.82) is 0 Å². The van der Waals surface area contributed by atoms with E-state index in [1.165, 1.54) is 10.9 Å². The number of hydrogen-bond acceptors (Lipinski definition) is 4. The van der Waals surface area contributed by atoms with Crippen molar-refractivity contribution in [3.05, 3.63) is 28.0 Å². The highest BCUT2D eigenvalue weighted by Crippen LogP contribution is 2.18. The largest absolute Gasteiger partial charge is 0.443 e. The van der Waals surface area contributed by atoms with Crippen LogP contribution in [-0.4, -0.2) is 21.5 Å². The third-order valence-electron chi connectivity index (χ3n) is 3.19. The first-order valence-corrected chi connectivity index (χ1v) is 6.64. The number of carbonyl (C=O) groups is 1. The van der Waals surface area contributed by atoms with Crippen molar-refractivity contribution in [2.45, 2.75) is 46.7 Å². The molecule has 2 aromatic rings. The van der Waals surface area contributed by atoms with Gasteiger partial charge >= 0.3 is 0 Å². The SMILES string of the molecule is Cc1oc2ncn(CCC(=O)NC(C)C)c(=O)c2c1C. The van der Waals surface area contributed by atoms with E-state index >= 15 is 0 Å². The number of carbonyl (C=O) groups excluding carboxylic acids is 1. The molecule has 20 heavy (non-hydrogen) atoms. The number of hydrogen-bond donors (Lipinski definition) is 1. The Balaban J connectivity index is 2.23. The van der Waals surface area contributed by atoms with Gasteiger partial charge in [-0.05, 0) is 27.7 Å². The molecule has 2 aromatic heterocycles. The normalized spacial score (nSPS) is 11.2. The Hall–Kier alpha value is -2.11. The van der Waals surface area contributed by atoms with Crippen molar-refractivity contribution in [3.63, 3.8) is 0 Å². The summed E-state index contributed by atoms with van der Waals surface area (Å²) in [6.45, 7) is 7.74. The monoisotopic (exact) mass is 277 g/mol. The van der Waals surface area contributed by atoms with E-state index in [4.69, 9.17) is 4.42 Å². The fourth-order valence-corrected chi connectivity index (χ4v) is 2.05. The van der Waals surface area contributed by atoms with Gasteiger partial charge in [-0.1, -0.05) is 0 Å². The first-order chi connectivity index (χ1) is 9.40.